The van der Waals surface area contributed by atoms with Crippen LogP contribution < -0.4 is 11.2 Å². The van der Waals surface area contributed by atoms with Crippen molar-refractivity contribution in [2.45, 2.75) is 38.0 Å². The van der Waals surface area contributed by atoms with Gasteiger partial charge in [-0.3, -0.25) is 19.1 Å². The number of H-pyrrole nitrogens is 1. The quantitative estimate of drug-likeness (QED) is 0.696. The van der Waals surface area contributed by atoms with E-state index in [9.17, 15) is 14.4 Å². The van der Waals surface area contributed by atoms with Gasteiger partial charge in [0.25, 0.3) is 5.56 Å². The first-order chi connectivity index (χ1) is 10.0. The fraction of sp³-hybridized carbons (Fsp3) is 0.615. The standard InChI is InChI=1S/C13H18N2O6/c1-20-11(17)6-8-7-15(13(19)14-12(8)18)10-3-2-9(21-10)4-5-16/h7,9-10,16H,2-6H2,1H3,(H,14,18,19). The van der Waals surface area contributed by atoms with Gasteiger partial charge in [-0.25, -0.2) is 4.79 Å². The minimum Gasteiger partial charge on any atom is -0.469 e. The zero-order chi connectivity index (χ0) is 15.4. The average molecular weight is 298 g/mol. The van der Waals surface area contributed by atoms with Gasteiger partial charge in [-0.05, 0) is 19.3 Å². The summed E-state index contributed by atoms with van der Waals surface area (Å²) in [5.41, 5.74) is -1.04. The summed E-state index contributed by atoms with van der Waals surface area (Å²) in [6.07, 6.45) is 2.36. The predicted molar refractivity (Wildman–Crippen MR) is 71.9 cm³/mol. The van der Waals surface area contributed by atoms with Crippen molar-refractivity contribution in [3.63, 3.8) is 0 Å². The number of esters is 1. The smallest absolute Gasteiger partial charge is 0.330 e. The van der Waals surface area contributed by atoms with Crippen molar-refractivity contribution < 1.29 is 19.4 Å². The van der Waals surface area contributed by atoms with Crippen molar-refractivity contribution in [3.05, 3.63) is 32.6 Å². The number of hydrogen-bond acceptors (Lipinski definition) is 6. The zero-order valence-corrected chi connectivity index (χ0v) is 11.7. The largest absolute Gasteiger partial charge is 0.469 e. The number of aliphatic hydroxyl groups excluding tert-OH is 1. The number of hydrogen-bond donors (Lipinski definition) is 2. The van der Waals surface area contributed by atoms with Crippen molar-refractivity contribution in [1.82, 2.24) is 9.55 Å². The van der Waals surface area contributed by atoms with Crippen molar-refractivity contribution in [3.8, 4) is 0 Å². The van der Waals surface area contributed by atoms with E-state index in [1.165, 1.54) is 17.9 Å². The van der Waals surface area contributed by atoms with Crippen LogP contribution in [-0.4, -0.2) is 40.4 Å². The molecule has 2 N–H and O–H groups in total. The van der Waals surface area contributed by atoms with E-state index >= 15 is 0 Å². The van der Waals surface area contributed by atoms with E-state index in [-0.39, 0.29) is 24.7 Å². The second-order valence-electron chi connectivity index (χ2n) is 4.88. The van der Waals surface area contributed by atoms with Crippen LogP contribution in [0.5, 0.6) is 0 Å². The van der Waals surface area contributed by atoms with E-state index in [4.69, 9.17) is 9.84 Å². The number of nitrogens with one attached hydrogen (secondary N) is 1. The molecule has 8 heteroatoms. The Bertz CT molecular complexity index is 620. The highest BCUT2D eigenvalue weighted by Crippen LogP contribution is 2.28. The Balaban J connectivity index is 2.24. The maximum absolute atomic E-state index is 11.9. The molecule has 1 fully saturated rings. The lowest BCUT2D eigenvalue weighted by Gasteiger charge is -2.16. The van der Waals surface area contributed by atoms with E-state index in [2.05, 4.69) is 9.72 Å². The third kappa shape index (κ3) is 3.59. The van der Waals surface area contributed by atoms with Gasteiger partial charge in [0.05, 0.1) is 19.6 Å². The first kappa shape index (κ1) is 15.5. The molecule has 2 unspecified atom stereocenters. The van der Waals surface area contributed by atoms with E-state index in [1.54, 1.807) is 0 Å². The lowest BCUT2D eigenvalue weighted by Crippen LogP contribution is -2.35. The monoisotopic (exact) mass is 298 g/mol. The number of carbonyl (C=O) groups excluding carboxylic acids is 1. The number of nitrogens with zero attached hydrogens (tertiary/aromatic N) is 1. The molecule has 2 heterocycles. The summed E-state index contributed by atoms with van der Waals surface area (Å²) in [5.74, 6) is -0.559. The van der Waals surface area contributed by atoms with E-state index in [0.717, 1.165) is 6.42 Å². The Hall–Kier alpha value is -1.93. The molecule has 1 aliphatic heterocycles. The normalized spacial score (nSPS) is 21.4. The van der Waals surface area contributed by atoms with Crippen LogP contribution in [0.3, 0.4) is 0 Å². The number of rotatable bonds is 5. The van der Waals surface area contributed by atoms with Crippen LogP contribution in [0.1, 0.15) is 31.1 Å². The fourth-order valence-corrected chi connectivity index (χ4v) is 2.34. The molecule has 0 bridgehead atoms. The summed E-state index contributed by atoms with van der Waals surface area (Å²) in [6.45, 7) is 0.0193. The van der Waals surface area contributed by atoms with Crippen LogP contribution in [0.2, 0.25) is 0 Å². The maximum Gasteiger partial charge on any atom is 0.330 e. The molecule has 0 aliphatic carbocycles. The van der Waals surface area contributed by atoms with Crippen LogP contribution in [0.15, 0.2) is 15.8 Å². The number of aromatic amines is 1. The van der Waals surface area contributed by atoms with Gasteiger partial charge in [0.15, 0.2) is 0 Å². The van der Waals surface area contributed by atoms with Crippen molar-refractivity contribution >= 4 is 5.97 Å². The Kier molecular flexibility index (Phi) is 4.92. The second-order valence-corrected chi connectivity index (χ2v) is 4.88. The predicted octanol–water partition coefficient (Wildman–Crippen LogP) is -0.688. The lowest BCUT2D eigenvalue weighted by atomic mass is 10.2. The van der Waals surface area contributed by atoms with Crippen molar-refractivity contribution in [2.24, 2.45) is 0 Å². The van der Waals surface area contributed by atoms with Gasteiger partial charge in [-0.2, -0.15) is 0 Å². The number of aromatic nitrogens is 2. The molecule has 1 aliphatic rings. The maximum atomic E-state index is 11.9. The van der Waals surface area contributed by atoms with E-state index < -0.39 is 23.4 Å². The van der Waals surface area contributed by atoms with Crippen LogP contribution >= 0.6 is 0 Å². The number of methoxy groups -OCH3 is 1. The SMILES string of the molecule is COC(=O)Cc1cn(C2CCC(CCO)O2)c(=O)[nH]c1=O. The minimum atomic E-state index is -0.605. The topological polar surface area (TPSA) is 111 Å². The third-order valence-corrected chi connectivity index (χ3v) is 3.45. The van der Waals surface area contributed by atoms with Gasteiger partial charge < -0.3 is 14.6 Å². The van der Waals surface area contributed by atoms with Gasteiger partial charge in [-0.15, -0.1) is 0 Å². The van der Waals surface area contributed by atoms with Crippen LogP contribution in [0.4, 0.5) is 0 Å². The molecule has 0 saturated carbocycles. The molecule has 1 saturated heterocycles. The van der Waals surface area contributed by atoms with Crippen LogP contribution in [-0.2, 0) is 20.7 Å². The second kappa shape index (κ2) is 6.68. The van der Waals surface area contributed by atoms with E-state index in [0.29, 0.717) is 12.8 Å². The number of carbonyl (C=O) groups is 1. The first-order valence-corrected chi connectivity index (χ1v) is 6.72. The summed E-state index contributed by atoms with van der Waals surface area (Å²) >= 11 is 0. The molecule has 0 aromatic carbocycles. The molecule has 1 aromatic heterocycles. The highest BCUT2D eigenvalue weighted by atomic mass is 16.5. The van der Waals surface area contributed by atoms with Gasteiger partial charge in [0.2, 0.25) is 0 Å². The number of ether oxygens (including phenoxy) is 2. The molecule has 1 aromatic rings. The molecule has 0 radical (unpaired) electrons. The Morgan fingerprint density at radius 1 is 1.52 bits per heavy atom. The summed E-state index contributed by atoms with van der Waals surface area (Å²) in [7, 11) is 1.23. The molecular formula is C13H18N2O6. The fourth-order valence-electron chi connectivity index (χ4n) is 2.34. The summed E-state index contributed by atoms with van der Waals surface area (Å²) in [5, 5.41) is 8.90. The van der Waals surface area contributed by atoms with Gasteiger partial charge in [0.1, 0.15) is 6.23 Å². The Morgan fingerprint density at radius 2 is 2.29 bits per heavy atom. The Morgan fingerprint density at radius 3 is 2.95 bits per heavy atom. The van der Waals surface area contributed by atoms with Crippen molar-refractivity contribution in [1.29, 1.82) is 0 Å². The summed E-state index contributed by atoms with van der Waals surface area (Å²) < 4.78 is 11.5. The molecular weight excluding hydrogens is 280 g/mol. The minimum absolute atomic E-state index is 0.0193. The highest BCUT2D eigenvalue weighted by Gasteiger charge is 2.27. The van der Waals surface area contributed by atoms with Crippen LogP contribution in [0, 0.1) is 0 Å². The molecule has 0 amide bonds. The first-order valence-electron chi connectivity index (χ1n) is 6.72. The zero-order valence-electron chi connectivity index (χ0n) is 11.7. The highest BCUT2D eigenvalue weighted by molar-refractivity contribution is 5.72. The average Bonchev–Trinajstić information content (AvgIpc) is 2.90. The van der Waals surface area contributed by atoms with Crippen molar-refractivity contribution in [2.75, 3.05) is 13.7 Å². The molecule has 2 atom stereocenters. The summed E-state index contributed by atoms with van der Waals surface area (Å²) in [4.78, 5) is 37.0. The number of aliphatic hydroxyl groups is 1. The van der Waals surface area contributed by atoms with Gasteiger partial charge in [0, 0.05) is 18.4 Å². The molecule has 2 rings (SSSR count). The Labute approximate surface area is 120 Å². The van der Waals surface area contributed by atoms with E-state index in [1.807, 2.05) is 0 Å². The summed E-state index contributed by atoms with van der Waals surface area (Å²) in [6, 6.07) is 0. The molecule has 0 spiro atoms. The molecule has 116 valence electrons. The third-order valence-electron chi connectivity index (χ3n) is 3.45. The lowest BCUT2D eigenvalue weighted by molar-refractivity contribution is -0.139. The van der Waals surface area contributed by atoms with Gasteiger partial charge in [-0.1, -0.05) is 0 Å². The van der Waals surface area contributed by atoms with Gasteiger partial charge >= 0.3 is 11.7 Å². The molecule has 21 heavy (non-hydrogen) atoms. The van der Waals surface area contributed by atoms with Crippen LogP contribution in [0.25, 0.3) is 0 Å². The molecule has 8 nitrogen and oxygen atoms in total.